The van der Waals surface area contributed by atoms with Crippen LogP contribution in [-0.2, 0) is 11.2 Å². The minimum Gasteiger partial charge on any atom is -0.336 e. The van der Waals surface area contributed by atoms with Gasteiger partial charge in [0, 0.05) is 17.5 Å². The van der Waals surface area contributed by atoms with Gasteiger partial charge in [0.25, 0.3) is 5.96 Å². The van der Waals surface area contributed by atoms with E-state index in [1.165, 1.54) is 11.3 Å². The highest BCUT2D eigenvalue weighted by Gasteiger charge is 2.19. The lowest BCUT2D eigenvalue weighted by Crippen LogP contribution is -2.50. The summed E-state index contributed by atoms with van der Waals surface area (Å²) in [7, 11) is 0. The third-order valence-electron chi connectivity index (χ3n) is 1.91. The van der Waals surface area contributed by atoms with Crippen LogP contribution in [-0.4, -0.2) is 28.9 Å². The summed E-state index contributed by atoms with van der Waals surface area (Å²) in [6, 6.07) is 0. The van der Waals surface area contributed by atoms with Crippen molar-refractivity contribution < 1.29 is 9.77 Å². The van der Waals surface area contributed by atoms with Gasteiger partial charge in [-0.15, -0.1) is 11.3 Å². The van der Waals surface area contributed by atoms with Crippen molar-refractivity contribution in [3.8, 4) is 0 Å². The number of ether oxygens (including phenoxy) is 1. The molecule has 2 heterocycles. The number of halogens is 1. The van der Waals surface area contributed by atoms with E-state index in [0.717, 1.165) is 4.88 Å². The van der Waals surface area contributed by atoms with E-state index in [1.54, 1.807) is 6.20 Å². The molecule has 92 valence electrons. The number of hydrogen-bond acceptors (Lipinski definition) is 7. The Morgan fingerprint density at radius 3 is 3.29 bits per heavy atom. The normalized spacial score (nSPS) is 19.4. The lowest BCUT2D eigenvalue weighted by atomic mass is 10.3. The van der Waals surface area contributed by atoms with E-state index in [4.69, 9.17) is 16.3 Å². The van der Waals surface area contributed by atoms with Crippen LogP contribution in [0.4, 0.5) is 0 Å². The molecule has 10 heteroatoms. The van der Waals surface area contributed by atoms with E-state index >= 15 is 0 Å². The number of hydrogen-bond donors (Lipinski definition) is 2. The van der Waals surface area contributed by atoms with Gasteiger partial charge in [-0.1, -0.05) is 17.0 Å². The summed E-state index contributed by atoms with van der Waals surface area (Å²) in [6.45, 7) is 0.0698. The zero-order valence-electron chi connectivity index (χ0n) is 8.42. The first-order valence-electron chi connectivity index (χ1n) is 4.57. The van der Waals surface area contributed by atoms with Crippen molar-refractivity contribution in [2.24, 2.45) is 4.99 Å². The predicted molar refractivity (Wildman–Crippen MR) is 61.3 cm³/mol. The quantitative estimate of drug-likeness (QED) is 0.612. The van der Waals surface area contributed by atoms with Gasteiger partial charge in [0.1, 0.15) is 13.0 Å². The fourth-order valence-corrected chi connectivity index (χ4v) is 2.26. The molecule has 0 saturated heterocycles. The number of guanidine groups is 1. The fraction of sp³-hybridized carbons (Fsp3) is 0.429. The van der Waals surface area contributed by atoms with Gasteiger partial charge in [0.05, 0.1) is 0 Å². The summed E-state index contributed by atoms with van der Waals surface area (Å²) in [4.78, 5) is 18.8. The summed E-state index contributed by atoms with van der Waals surface area (Å²) >= 11 is 7.03. The van der Waals surface area contributed by atoms with Crippen LogP contribution in [0, 0.1) is 10.1 Å². The maximum atomic E-state index is 10.2. The lowest BCUT2D eigenvalue weighted by molar-refractivity contribution is -0.526. The first kappa shape index (κ1) is 12.0. The number of aromatic nitrogens is 1. The van der Waals surface area contributed by atoms with Gasteiger partial charge in [-0.05, 0) is 0 Å². The molecule has 0 bridgehead atoms. The van der Waals surface area contributed by atoms with Crippen molar-refractivity contribution >= 4 is 28.9 Å². The summed E-state index contributed by atoms with van der Waals surface area (Å²) in [5, 5.41) is 12.3. The van der Waals surface area contributed by atoms with Crippen LogP contribution in [0.5, 0.6) is 0 Å². The Hall–Kier alpha value is -1.45. The minimum absolute atomic E-state index is 0.0698. The molecule has 2 N–H and O–H groups in total. The second-order valence-electron chi connectivity index (χ2n) is 3.09. The van der Waals surface area contributed by atoms with Gasteiger partial charge in [-0.25, -0.2) is 20.1 Å². The molecule has 17 heavy (non-hydrogen) atoms. The molecule has 1 aliphatic rings. The molecule has 1 aliphatic heterocycles. The number of hydrazine groups is 1. The molecule has 1 unspecified atom stereocenters. The second-order valence-corrected chi connectivity index (χ2v) is 4.79. The monoisotopic (exact) mass is 277 g/mol. The molecule has 0 radical (unpaired) electrons. The minimum atomic E-state index is -0.683. The van der Waals surface area contributed by atoms with Crippen molar-refractivity contribution in [2.45, 2.75) is 12.6 Å². The predicted octanol–water partition coefficient (Wildman–Crippen LogP) is 0.380. The van der Waals surface area contributed by atoms with Crippen LogP contribution in [0.2, 0.25) is 4.47 Å². The van der Waals surface area contributed by atoms with Gasteiger partial charge in [-0.3, -0.25) is 0 Å². The van der Waals surface area contributed by atoms with E-state index in [9.17, 15) is 10.1 Å². The fourth-order valence-electron chi connectivity index (χ4n) is 1.26. The molecule has 8 nitrogen and oxygen atoms in total. The third kappa shape index (κ3) is 3.51. The van der Waals surface area contributed by atoms with Crippen molar-refractivity contribution in [3.63, 3.8) is 0 Å². The smallest absolute Gasteiger partial charge is 0.258 e. The first-order valence-corrected chi connectivity index (χ1v) is 5.77. The molecular formula is C7H8ClN5O3S. The summed E-state index contributed by atoms with van der Waals surface area (Å²) in [5.41, 5.74) is 1.95. The van der Waals surface area contributed by atoms with Gasteiger partial charge in [0.15, 0.2) is 9.50 Å². The maximum Gasteiger partial charge on any atom is 0.258 e. The van der Waals surface area contributed by atoms with E-state index in [2.05, 4.69) is 15.3 Å². The summed E-state index contributed by atoms with van der Waals surface area (Å²) < 4.78 is 5.73. The van der Waals surface area contributed by atoms with Gasteiger partial charge < -0.3 is 10.1 Å². The number of nitro groups is 1. The van der Waals surface area contributed by atoms with Crippen molar-refractivity contribution in [3.05, 3.63) is 25.7 Å². The third-order valence-corrected chi connectivity index (χ3v) is 3.04. The SMILES string of the molecule is O=[N+]([O-])NC1=NCOC(Cc2cnc(Cl)s2)N1. The zero-order valence-corrected chi connectivity index (χ0v) is 9.99. The Morgan fingerprint density at radius 2 is 2.65 bits per heavy atom. The Labute approximate surface area is 105 Å². The van der Waals surface area contributed by atoms with Crippen LogP contribution in [0.25, 0.3) is 0 Å². The second kappa shape index (κ2) is 5.25. The highest BCUT2D eigenvalue weighted by atomic mass is 35.5. The van der Waals surface area contributed by atoms with E-state index in [1.807, 2.05) is 5.43 Å². The lowest BCUT2D eigenvalue weighted by Gasteiger charge is -2.22. The molecule has 1 aromatic heterocycles. The largest absolute Gasteiger partial charge is 0.336 e. The Bertz CT molecular complexity index is 450. The molecular weight excluding hydrogens is 270 g/mol. The number of nitrogens with one attached hydrogen (secondary N) is 2. The number of aliphatic imine (C=N–C) groups is 1. The van der Waals surface area contributed by atoms with E-state index < -0.39 is 5.03 Å². The van der Waals surface area contributed by atoms with Crippen LogP contribution >= 0.6 is 22.9 Å². The molecule has 1 atom stereocenters. The summed E-state index contributed by atoms with van der Waals surface area (Å²) in [6.07, 6.45) is 1.78. The maximum absolute atomic E-state index is 10.2. The van der Waals surface area contributed by atoms with Gasteiger partial charge in [-0.2, -0.15) is 0 Å². The Balaban J connectivity index is 1.91. The molecule has 0 fully saturated rings. The summed E-state index contributed by atoms with van der Waals surface area (Å²) in [5.74, 6) is 0.0851. The Kier molecular flexibility index (Phi) is 3.71. The number of nitrogens with zero attached hydrogens (tertiary/aromatic N) is 3. The molecule has 2 rings (SSSR count). The number of thiazole rings is 1. The number of rotatable bonds is 3. The van der Waals surface area contributed by atoms with E-state index in [0.29, 0.717) is 10.9 Å². The Morgan fingerprint density at radius 1 is 1.82 bits per heavy atom. The molecule has 0 aliphatic carbocycles. The molecule has 0 spiro atoms. The van der Waals surface area contributed by atoms with Crippen molar-refractivity contribution in [1.29, 1.82) is 0 Å². The molecule has 0 amide bonds. The standard InChI is InChI=1S/C7H8ClN5O3S/c8-6-9-2-4(17-6)1-5-11-7(10-3-16-5)12-13(14)15/h2,5H,1,3H2,(H2,10,11,12). The van der Waals surface area contributed by atoms with Crippen molar-refractivity contribution in [2.75, 3.05) is 6.73 Å². The first-order chi connectivity index (χ1) is 8.13. The van der Waals surface area contributed by atoms with Crippen molar-refractivity contribution in [1.82, 2.24) is 15.7 Å². The molecule has 0 aromatic carbocycles. The molecule has 1 aromatic rings. The highest BCUT2D eigenvalue weighted by Crippen LogP contribution is 2.19. The zero-order chi connectivity index (χ0) is 12.3. The van der Waals surface area contributed by atoms with Crippen LogP contribution < -0.4 is 10.7 Å². The average Bonchev–Trinajstić information content (AvgIpc) is 2.63. The van der Waals surface area contributed by atoms with E-state index in [-0.39, 0.29) is 18.9 Å². The van der Waals surface area contributed by atoms with Crippen LogP contribution in [0.1, 0.15) is 4.88 Å². The molecule has 0 saturated carbocycles. The highest BCUT2D eigenvalue weighted by molar-refractivity contribution is 7.15. The van der Waals surface area contributed by atoms with Crippen LogP contribution in [0.3, 0.4) is 0 Å². The van der Waals surface area contributed by atoms with Gasteiger partial charge >= 0.3 is 0 Å². The average molecular weight is 278 g/mol. The van der Waals surface area contributed by atoms with Crippen LogP contribution in [0.15, 0.2) is 11.2 Å². The van der Waals surface area contributed by atoms with Gasteiger partial charge in [0.2, 0.25) is 0 Å². The topological polar surface area (TPSA) is 102 Å².